The van der Waals surface area contributed by atoms with E-state index in [9.17, 15) is 0 Å². The van der Waals surface area contributed by atoms with Gasteiger partial charge in [-0.05, 0) is 26.0 Å². The predicted octanol–water partition coefficient (Wildman–Crippen LogP) is 4.83. The summed E-state index contributed by atoms with van der Waals surface area (Å²) in [5.41, 5.74) is 1.91. The van der Waals surface area contributed by atoms with Crippen LogP contribution >= 0.6 is 11.3 Å². The molecule has 3 aromatic rings. The zero-order valence-electron chi connectivity index (χ0n) is 15.7. The van der Waals surface area contributed by atoms with Crippen molar-refractivity contribution in [2.24, 2.45) is 4.99 Å². The molecule has 0 aliphatic carbocycles. The van der Waals surface area contributed by atoms with Crippen LogP contribution in [-0.4, -0.2) is 17.5 Å². The van der Waals surface area contributed by atoms with E-state index in [4.69, 9.17) is 4.42 Å². The predicted molar refractivity (Wildman–Crippen MR) is 109 cm³/mol. The third kappa shape index (κ3) is 4.43. The molecule has 2 N–H and O–H groups in total. The van der Waals surface area contributed by atoms with E-state index in [1.165, 1.54) is 0 Å². The molecule has 0 saturated carbocycles. The van der Waals surface area contributed by atoms with Gasteiger partial charge in [0.15, 0.2) is 5.96 Å². The van der Waals surface area contributed by atoms with E-state index in [1.807, 2.05) is 18.2 Å². The van der Waals surface area contributed by atoms with E-state index in [1.54, 1.807) is 11.3 Å². The van der Waals surface area contributed by atoms with Crippen LogP contribution in [0.2, 0.25) is 0 Å². The number of thiazole rings is 1. The van der Waals surface area contributed by atoms with Gasteiger partial charge < -0.3 is 15.1 Å². The number of guanidine groups is 1. The fourth-order valence-corrected chi connectivity index (χ4v) is 3.46. The van der Waals surface area contributed by atoms with Crippen LogP contribution in [0.4, 0.5) is 0 Å². The highest BCUT2D eigenvalue weighted by molar-refractivity contribution is 7.09. The van der Waals surface area contributed by atoms with Crippen molar-refractivity contribution in [1.82, 2.24) is 15.6 Å². The molecular weight excluding hydrogens is 344 g/mol. The van der Waals surface area contributed by atoms with Crippen LogP contribution in [0, 0.1) is 0 Å². The van der Waals surface area contributed by atoms with Crippen LogP contribution in [-0.2, 0) is 6.54 Å². The lowest BCUT2D eigenvalue weighted by Crippen LogP contribution is -2.38. The highest BCUT2D eigenvalue weighted by Gasteiger charge is 2.13. The van der Waals surface area contributed by atoms with Crippen molar-refractivity contribution in [1.29, 1.82) is 0 Å². The van der Waals surface area contributed by atoms with Gasteiger partial charge in [-0.2, -0.15) is 0 Å². The lowest BCUT2D eigenvalue weighted by Gasteiger charge is -2.15. The minimum Gasteiger partial charge on any atom is -0.459 e. The van der Waals surface area contributed by atoms with Crippen molar-refractivity contribution in [3.63, 3.8) is 0 Å². The van der Waals surface area contributed by atoms with E-state index >= 15 is 0 Å². The molecule has 6 heteroatoms. The number of benzene rings is 1. The summed E-state index contributed by atoms with van der Waals surface area (Å²) in [5.74, 6) is 2.12. The van der Waals surface area contributed by atoms with E-state index < -0.39 is 0 Å². The maximum absolute atomic E-state index is 5.95. The first kappa shape index (κ1) is 18.5. The minimum atomic E-state index is 0.0156. The number of nitrogens with zero attached hydrogens (tertiary/aromatic N) is 2. The normalized spacial score (nSPS) is 13.3. The number of hydrogen-bond acceptors (Lipinski definition) is 4. The smallest absolute Gasteiger partial charge is 0.192 e. The Balaban J connectivity index is 1.70. The number of furan rings is 1. The fourth-order valence-electron chi connectivity index (χ4n) is 2.63. The molecule has 0 fully saturated rings. The van der Waals surface area contributed by atoms with Crippen LogP contribution in [0.15, 0.2) is 45.1 Å². The van der Waals surface area contributed by atoms with Crippen molar-refractivity contribution in [3.8, 4) is 0 Å². The Hall–Kier alpha value is -2.34. The van der Waals surface area contributed by atoms with E-state index in [0.29, 0.717) is 12.5 Å². The van der Waals surface area contributed by atoms with E-state index in [2.05, 4.69) is 65.8 Å². The number of para-hydroxylation sites is 1. The van der Waals surface area contributed by atoms with Crippen LogP contribution in [0.5, 0.6) is 0 Å². The quantitative estimate of drug-likeness (QED) is 0.482. The lowest BCUT2D eigenvalue weighted by molar-refractivity contribution is 0.488. The Morgan fingerprint density at radius 1 is 1.27 bits per heavy atom. The van der Waals surface area contributed by atoms with Gasteiger partial charge in [-0.1, -0.05) is 32.0 Å². The topological polar surface area (TPSA) is 62.5 Å². The molecule has 0 spiro atoms. The van der Waals surface area contributed by atoms with Crippen LogP contribution < -0.4 is 10.6 Å². The van der Waals surface area contributed by atoms with Crippen LogP contribution in [0.3, 0.4) is 0 Å². The maximum Gasteiger partial charge on any atom is 0.192 e. The average molecular weight is 371 g/mol. The molecule has 0 amide bonds. The van der Waals surface area contributed by atoms with Gasteiger partial charge in [0.25, 0.3) is 0 Å². The maximum atomic E-state index is 5.95. The molecule has 0 aliphatic heterocycles. The Labute approximate surface area is 158 Å². The molecule has 2 heterocycles. The van der Waals surface area contributed by atoms with Gasteiger partial charge in [-0.3, -0.25) is 0 Å². The molecule has 0 aliphatic rings. The number of hydrogen-bond donors (Lipinski definition) is 2. The fraction of sp³-hybridized carbons (Fsp3) is 0.400. The standard InChI is InChI=1S/C20H26N4OS/c1-5-21-20(22-11-16-12-26-19(24-16)13(2)3)23-14(4)18-10-15-8-6-7-9-17(15)25-18/h6-10,12-14H,5,11H2,1-4H3,(H2,21,22,23). The molecule has 1 unspecified atom stereocenters. The first-order valence-electron chi connectivity index (χ1n) is 9.04. The van der Waals surface area contributed by atoms with Crippen molar-refractivity contribution in [2.75, 3.05) is 6.54 Å². The second-order valence-electron chi connectivity index (χ2n) is 6.58. The van der Waals surface area contributed by atoms with Gasteiger partial charge in [0.1, 0.15) is 11.3 Å². The summed E-state index contributed by atoms with van der Waals surface area (Å²) in [4.78, 5) is 9.32. The summed E-state index contributed by atoms with van der Waals surface area (Å²) >= 11 is 1.70. The van der Waals surface area contributed by atoms with Gasteiger partial charge in [0.2, 0.25) is 0 Å². The zero-order valence-corrected chi connectivity index (χ0v) is 16.6. The largest absolute Gasteiger partial charge is 0.459 e. The Kier molecular flexibility index (Phi) is 5.93. The number of aliphatic imine (C=N–C) groups is 1. The summed E-state index contributed by atoms with van der Waals surface area (Å²) in [5, 5.41) is 11.1. The number of aromatic nitrogens is 1. The minimum absolute atomic E-state index is 0.0156. The van der Waals surface area contributed by atoms with Gasteiger partial charge in [-0.25, -0.2) is 9.98 Å². The highest BCUT2D eigenvalue weighted by atomic mass is 32.1. The zero-order chi connectivity index (χ0) is 18.5. The summed E-state index contributed by atoms with van der Waals surface area (Å²) in [7, 11) is 0. The van der Waals surface area contributed by atoms with Gasteiger partial charge in [0.05, 0.1) is 23.3 Å². The molecule has 0 bridgehead atoms. The highest BCUT2D eigenvalue weighted by Crippen LogP contribution is 2.23. The van der Waals surface area contributed by atoms with Gasteiger partial charge in [0, 0.05) is 23.2 Å². The number of nitrogens with one attached hydrogen (secondary N) is 2. The molecule has 0 saturated heterocycles. The molecule has 26 heavy (non-hydrogen) atoms. The molecule has 2 aromatic heterocycles. The van der Waals surface area contributed by atoms with Gasteiger partial charge >= 0.3 is 0 Å². The molecule has 0 radical (unpaired) electrons. The number of rotatable bonds is 6. The van der Waals surface area contributed by atoms with E-state index in [0.717, 1.165) is 39.9 Å². The molecule has 138 valence electrons. The van der Waals surface area contributed by atoms with E-state index in [-0.39, 0.29) is 6.04 Å². The number of fused-ring (bicyclic) bond motifs is 1. The lowest BCUT2D eigenvalue weighted by atomic mass is 10.2. The van der Waals surface area contributed by atoms with Crippen LogP contribution in [0.1, 0.15) is 56.1 Å². The van der Waals surface area contributed by atoms with Crippen molar-refractivity contribution in [3.05, 3.63) is 52.2 Å². The molecule has 5 nitrogen and oxygen atoms in total. The third-order valence-electron chi connectivity index (χ3n) is 4.03. The first-order valence-corrected chi connectivity index (χ1v) is 9.92. The molecular formula is C20H26N4OS. The molecule has 1 aromatic carbocycles. The Bertz CT molecular complexity index is 848. The second kappa shape index (κ2) is 8.36. The second-order valence-corrected chi connectivity index (χ2v) is 7.47. The molecule has 1 atom stereocenters. The summed E-state index contributed by atoms with van der Waals surface area (Å²) in [6, 6.07) is 10.1. The average Bonchev–Trinajstić information content (AvgIpc) is 3.26. The summed E-state index contributed by atoms with van der Waals surface area (Å²) < 4.78 is 5.95. The molecule has 3 rings (SSSR count). The SMILES string of the molecule is CCNC(=NCc1csc(C(C)C)n1)NC(C)c1cc2ccccc2o1. The van der Waals surface area contributed by atoms with Crippen LogP contribution in [0.25, 0.3) is 11.0 Å². The summed E-state index contributed by atoms with van der Waals surface area (Å²) in [6.45, 7) is 9.81. The third-order valence-corrected chi connectivity index (χ3v) is 5.23. The van der Waals surface area contributed by atoms with Crippen molar-refractivity contribution < 1.29 is 4.42 Å². The van der Waals surface area contributed by atoms with Gasteiger partial charge in [-0.15, -0.1) is 11.3 Å². The van der Waals surface area contributed by atoms with Crippen molar-refractivity contribution in [2.45, 2.75) is 46.2 Å². The Morgan fingerprint density at radius 2 is 2.08 bits per heavy atom. The Morgan fingerprint density at radius 3 is 2.77 bits per heavy atom. The monoisotopic (exact) mass is 370 g/mol. The summed E-state index contributed by atoms with van der Waals surface area (Å²) in [6.07, 6.45) is 0. The first-order chi connectivity index (χ1) is 12.6. The van der Waals surface area contributed by atoms with Crippen molar-refractivity contribution >= 4 is 28.3 Å².